The Balaban J connectivity index is 1.49. The summed E-state index contributed by atoms with van der Waals surface area (Å²) in [5.74, 6) is -4.25. The van der Waals surface area contributed by atoms with Gasteiger partial charge in [0.15, 0.2) is 0 Å². The van der Waals surface area contributed by atoms with E-state index >= 15 is 0 Å². The zero-order chi connectivity index (χ0) is 27.7. The Morgan fingerprint density at radius 3 is 2.45 bits per heavy atom. The van der Waals surface area contributed by atoms with Gasteiger partial charge in [-0.3, -0.25) is 4.72 Å². The topological polar surface area (TPSA) is 100 Å². The molecule has 12 heteroatoms. The Bertz CT molecular complexity index is 1400. The summed E-state index contributed by atoms with van der Waals surface area (Å²) in [4.78, 5) is 16.0. The monoisotopic (exact) mass is 550 g/mol. The van der Waals surface area contributed by atoms with Crippen molar-refractivity contribution < 1.29 is 21.6 Å². The lowest BCUT2D eigenvalue weighted by molar-refractivity contribution is 0.0189. The Kier molecular flexibility index (Phi) is 8.12. The molecule has 38 heavy (non-hydrogen) atoms. The molecule has 0 amide bonds. The average Bonchev–Trinajstić information content (AvgIpc) is 2.84. The molecule has 0 bridgehead atoms. The molecule has 3 aromatic rings. The van der Waals surface area contributed by atoms with E-state index in [1.165, 1.54) is 12.1 Å². The number of nitrogens with zero attached hydrogens (tertiary/aromatic N) is 4. The summed E-state index contributed by atoms with van der Waals surface area (Å²) in [5, 5.41) is 3.44. The van der Waals surface area contributed by atoms with E-state index < -0.39 is 33.9 Å². The van der Waals surface area contributed by atoms with Gasteiger partial charge in [0.05, 0.1) is 28.8 Å². The number of alkyl halides is 2. The van der Waals surface area contributed by atoms with Gasteiger partial charge in [0.2, 0.25) is 21.9 Å². The van der Waals surface area contributed by atoms with Gasteiger partial charge in [-0.15, -0.1) is 0 Å². The maximum absolute atomic E-state index is 14.8. The van der Waals surface area contributed by atoms with Crippen molar-refractivity contribution in [3.05, 3.63) is 41.8 Å². The van der Waals surface area contributed by atoms with E-state index in [-0.39, 0.29) is 5.69 Å². The van der Waals surface area contributed by atoms with Crippen LogP contribution in [0, 0.1) is 12.7 Å². The van der Waals surface area contributed by atoms with Gasteiger partial charge in [-0.2, -0.15) is 0 Å². The first-order valence-corrected chi connectivity index (χ1v) is 14.2. The van der Waals surface area contributed by atoms with Crippen LogP contribution in [-0.4, -0.2) is 66.1 Å². The molecule has 4 rings (SSSR count). The third-order valence-corrected chi connectivity index (χ3v) is 8.11. The molecule has 1 aliphatic carbocycles. The molecule has 0 radical (unpaired) electrons. The first kappa shape index (κ1) is 28.0. The van der Waals surface area contributed by atoms with Gasteiger partial charge in [0, 0.05) is 24.1 Å². The van der Waals surface area contributed by atoms with Crippen molar-refractivity contribution in [2.45, 2.75) is 64.0 Å². The minimum absolute atomic E-state index is 0.313. The number of pyridine rings is 1. The summed E-state index contributed by atoms with van der Waals surface area (Å²) in [6.07, 6.45) is 5.10. The van der Waals surface area contributed by atoms with E-state index in [1.807, 2.05) is 11.6 Å². The van der Waals surface area contributed by atoms with E-state index in [0.29, 0.717) is 47.2 Å². The molecule has 2 N–H and O–H groups in total. The first-order chi connectivity index (χ1) is 17.8. The lowest BCUT2D eigenvalue weighted by Crippen LogP contribution is -2.36. The smallest absolute Gasteiger partial charge is 0.246 e. The number of benzene rings is 1. The second kappa shape index (κ2) is 11.0. The predicted octanol–water partition coefficient (Wildman–Crippen LogP) is 5.21. The maximum Gasteiger partial charge on any atom is 0.246 e. The van der Waals surface area contributed by atoms with Crippen molar-refractivity contribution in [2.75, 3.05) is 29.9 Å². The molecule has 206 valence electrons. The molecule has 0 saturated heterocycles. The van der Waals surface area contributed by atoms with Crippen LogP contribution in [0.15, 0.2) is 30.5 Å². The molecular weight excluding hydrogens is 517 g/mol. The number of anilines is 2. The molecule has 0 spiro atoms. The molecular formula is C26H33F3N6O2S. The highest BCUT2D eigenvalue weighted by atomic mass is 32.2. The number of halogens is 3. The maximum atomic E-state index is 14.8. The molecule has 2 heterocycles. The number of aryl methyl sites for hydroxylation is 1. The molecule has 0 aliphatic heterocycles. The fourth-order valence-corrected chi connectivity index (χ4v) is 5.84. The van der Waals surface area contributed by atoms with Gasteiger partial charge in [0.25, 0.3) is 0 Å². The highest BCUT2D eigenvalue weighted by Crippen LogP contribution is 2.28. The Hall–Kier alpha value is -2.99. The van der Waals surface area contributed by atoms with E-state index in [4.69, 9.17) is 0 Å². The van der Waals surface area contributed by atoms with E-state index in [2.05, 4.69) is 39.3 Å². The van der Waals surface area contributed by atoms with Gasteiger partial charge in [-0.1, -0.05) is 6.07 Å². The van der Waals surface area contributed by atoms with Gasteiger partial charge >= 0.3 is 0 Å². The van der Waals surface area contributed by atoms with Gasteiger partial charge < -0.3 is 10.2 Å². The second-order valence-corrected chi connectivity index (χ2v) is 12.1. The van der Waals surface area contributed by atoms with Crippen LogP contribution in [0.3, 0.4) is 0 Å². The van der Waals surface area contributed by atoms with Crippen LogP contribution in [0.2, 0.25) is 0 Å². The van der Waals surface area contributed by atoms with Crippen LogP contribution in [0.4, 0.5) is 24.8 Å². The van der Waals surface area contributed by atoms with Crippen molar-refractivity contribution in [3.63, 3.8) is 0 Å². The third-order valence-electron chi connectivity index (χ3n) is 6.84. The molecule has 8 nitrogen and oxygen atoms in total. The summed E-state index contributed by atoms with van der Waals surface area (Å²) < 4.78 is 67.1. The SMILES string of the molecule is Cc1cc(-c2ccc(NS(=O)(=O)CCC(C)(F)F)c(F)c2)nc2cnc(N[C@H]3CC[C@H](N(C)C)CC3)nc12. The fourth-order valence-electron chi connectivity index (χ4n) is 4.61. The first-order valence-electron chi connectivity index (χ1n) is 12.6. The van der Waals surface area contributed by atoms with Crippen LogP contribution < -0.4 is 10.0 Å². The van der Waals surface area contributed by atoms with Crippen LogP contribution in [-0.2, 0) is 10.0 Å². The minimum atomic E-state index is -4.14. The van der Waals surface area contributed by atoms with Crippen LogP contribution in [0.1, 0.15) is 44.6 Å². The van der Waals surface area contributed by atoms with Crippen molar-refractivity contribution >= 4 is 32.7 Å². The molecule has 1 aliphatic rings. The molecule has 1 saturated carbocycles. The summed E-state index contributed by atoms with van der Waals surface area (Å²) in [6, 6.07) is 6.62. The number of hydrogen-bond donors (Lipinski definition) is 2. The number of fused-ring (bicyclic) bond motifs is 1. The number of rotatable bonds is 9. The summed E-state index contributed by atoms with van der Waals surface area (Å²) in [6.45, 7) is 2.52. The summed E-state index contributed by atoms with van der Waals surface area (Å²) in [7, 11) is 0.0856. The highest BCUT2D eigenvalue weighted by molar-refractivity contribution is 7.92. The molecule has 0 atom stereocenters. The summed E-state index contributed by atoms with van der Waals surface area (Å²) >= 11 is 0. The molecule has 2 aromatic heterocycles. The predicted molar refractivity (Wildman–Crippen MR) is 143 cm³/mol. The Morgan fingerprint density at radius 2 is 1.82 bits per heavy atom. The minimum Gasteiger partial charge on any atom is -0.351 e. The van der Waals surface area contributed by atoms with E-state index in [1.54, 1.807) is 12.3 Å². The molecule has 0 unspecified atom stereocenters. The number of aromatic nitrogens is 3. The van der Waals surface area contributed by atoms with Crippen molar-refractivity contribution in [1.82, 2.24) is 19.9 Å². The normalized spacial score (nSPS) is 18.6. The Labute approximate surface area is 221 Å². The van der Waals surface area contributed by atoms with Gasteiger partial charge in [-0.25, -0.2) is 36.5 Å². The number of hydrogen-bond acceptors (Lipinski definition) is 7. The fraction of sp³-hybridized carbons (Fsp3) is 0.500. The average molecular weight is 551 g/mol. The van der Waals surface area contributed by atoms with Crippen molar-refractivity contribution in [1.29, 1.82) is 0 Å². The van der Waals surface area contributed by atoms with Crippen LogP contribution in [0.25, 0.3) is 22.3 Å². The zero-order valence-corrected chi connectivity index (χ0v) is 22.7. The lowest BCUT2D eigenvalue weighted by atomic mass is 9.91. The lowest BCUT2D eigenvalue weighted by Gasteiger charge is -2.32. The van der Waals surface area contributed by atoms with E-state index in [0.717, 1.165) is 37.3 Å². The van der Waals surface area contributed by atoms with Crippen LogP contribution in [0.5, 0.6) is 0 Å². The standard InChI is InChI=1S/C26H33F3N6O2S/c1-16-13-22(17-5-10-21(20(27)14-17)34-38(36,37)12-11-26(2,28)29)32-23-15-30-25(33-24(16)23)31-18-6-8-19(9-7-18)35(3)4/h5,10,13-15,18-19,34H,6-9,11-12H2,1-4H3,(H,30,31,33)/t18-,19-. The van der Waals surface area contributed by atoms with Crippen molar-refractivity contribution in [3.8, 4) is 11.3 Å². The van der Waals surface area contributed by atoms with Crippen molar-refractivity contribution in [2.24, 2.45) is 0 Å². The summed E-state index contributed by atoms with van der Waals surface area (Å²) in [5.41, 5.74) is 2.65. The zero-order valence-electron chi connectivity index (χ0n) is 21.9. The quantitative estimate of drug-likeness (QED) is 0.377. The highest BCUT2D eigenvalue weighted by Gasteiger charge is 2.26. The van der Waals surface area contributed by atoms with Gasteiger partial charge in [-0.05, 0) is 77.4 Å². The van der Waals surface area contributed by atoms with Crippen LogP contribution >= 0.6 is 0 Å². The van der Waals surface area contributed by atoms with E-state index in [9.17, 15) is 21.6 Å². The molecule has 1 aromatic carbocycles. The molecule has 1 fully saturated rings. The second-order valence-electron chi connectivity index (χ2n) is 10.3. The van der Waals surface area contributed by atoms with Gasteiger partial charge in [0.1, 0.15) is 11.3 Å². The Morgan fingerprint density at radius 1 is 1.11 bits per heavy atom. The third kappa shape index (κ3) is 7.10. The number of nitrogens with one attached hydrogen (secondary N) is 2. The number of sulfonamides is 1. The largest absolute Gasteiger partial charge is 0.351 e.